The lowest BCUT2D eigenvalue weighted by Crippen LogP contribution is -2.03. The number of para-hydroxylation sites is 1. The number of aromatic nitrogens is 3. The van der Waals surface area contributed by atoms with Gasteiger partial charge in [-0.2, -0.15) is 0 Å². The lowest BCUT2D eigenvalue weighted by atomic mass is 10.1. The second-order valence-electron chi connectivity index (χ2n) is 10.5. The lowest BCUT2D eigenvalue weighted by Gasteiger charge is -2.13. The topological polar surface area (TPSA) is 133 Å². The maximum Gasteiger partial charge on any atom is 0.354 e. The van der Waals surface area contributed by atoms with Crippen LogP contribution in [0.15, 0.2) is 89.2 Å². The number of benzene rings is 3. The average molecular weight is 688 g/mol. The SMILES string of the molecule is CCOP(=O)(/C=C/c1cn(-c2ccccc2)nc1OCc1ccc(OCc2nc(-c3ccccc3C(=O)OC)oc2C)c(OC)c1)OCC. The van der Waals surface area contributed by atoms with E-state index in [0.717, 1.165) is 11.3 Å². The van der Waals surface area contributed by atoms with E-state index in [1.807, 2.05) is 42.5 Å². The van der Waals surface area contributed by atoms with Gasteiger partial charge in [-0.05, 0) is 68.8 Å². The molecule has 0 radical (unpaired) electrons. The quantitative estimate of drug-likeness (QED) is 0.0737. The van der Waals surface area contributed by atoms with E-state index >= 15 is 0 Å². The summed E-state index contributed by atoms with van der Waals surface area (Å²) in [5.41, 5.74) is 3.65. The molecule has 256 valence electrons. The first-order chi connectivity index (χ1) is 23.8. The van der Waals surface area contributed by atoms with Crippen LogP contribution in [-0.2, 0) is 31.6 Å². The number of methoxy groups -OCH3 is 2. The predicted octanol–water partition coefficient (Wildman–Crippen LogP) is 8.03. The zero-order chi connectivity index (χ0) is 34.8. The Morgan fingerprint density at radius 3 is 2.37 bits per heavy atom. The van der Waals surface area contributed by atoms with Crippen molar-refractivity contribution in [2.75, 3.05) is 27.4 Å². The van der Waals surface area contributed by atoms with Gasteiger partial charge in [-0.3, -0.25) is 4.57 Å². The molecule has 0 atom stereocenters. The van der Waals surface area contributed by atoms with E-state index in [1.165, 1.54) is 12.9 Å². The summed E-state index contributed by atoms with van der Waals surface area (Å²) < 4.78 is 54.2. The van der Waals surface area contributed by atoms with Gasteiger partial charge in [0.05, 0.1) is 49.8 Å². The molecule has 0 saturated carbocycles. The molecule has 0 spiro atoms. The van der Waals surface area contributed by atoms with Crippen LogP contribution in [0.4, 0.5) is 0 Å². The molecule has 2 aromatic heterocycles. The molecule has 0 bridgehead atoms. The van der Waals surface area contributed by atoms with E-state index in [1.54, 1.807) is 75.2 Å². The van der Waals surface area contributed by atoms with E-state index < -0.39 is 13.6 Å². The Morgan fingerprint density at radius 2 is 1.65 bits per heavy atom. The first kappa shape index (κ1) is 35.2. The van der Waals surface area contributed by atoms with Crippen LogP contribution in [0.5, 0.6) is 17.4 Å². The van der Waals surface area contributed by atoms with Crippen molar-refractivity contribution in [2.45, 2.75) is 34.0 Å². The van der Waals surface area contributed by atoms with Crippen LogP contribution in [0.3, 0.4) is 0 Å². The minimum absolute atomic E-state index is 0.0991. The van der Waals surface area contributed by atoms with Crippen LogP contribution in [0.25, 0.3) is 23.2 Å². The number of esters is 1. The molecule has 0 N–H and O–H groups in total. The third-order valence-corrected chi connectivity index (χ3v) is 8.96. The summed E-state index contributed by atoms with van der Waals surface area (Å²) in [7, 11) is -0.571. The average Bonchev–Trinajstić information content (AvgIpc) is 3.72. The highest BCUT2D eigenvalue weighted by Crippen LogP contribution is 2.50. The number of hydrogen-bond donors (Lipinski definition) is 0. The summed E-state index contributed by atoms with van der Waals surface area (Å²) in [5, 5.41) is 4.64. The van der Waals surface area contributed by atoms with Crippen molar-refractivity contribution in [2.24, 2.45) is 0 Å². The van der Waals surface area contributed by atoms with Crippen LogP contribution in [0.1, 0.15) is 46.8 Å². The van der Waals surface area contributed by atoms with Gasteiger partial charge in [0, 0.05) is 12.0 Å². The highest BCUT2D eigenvalue weighted by molar-refractivity contribution is 7.57. The van der Waals surface area contributed by atoms with Gasteiger partial charge in [0.25, 0.3) is 0 Å². The standard InChI is InChI=1S/C36H38N3O9P/c1-6-46-49(41,47-7-2)20-19-27-22-39(28-13-9-8-10-14-28)38-34(27)45-23-26-17-18-32(33(21-26)42-4)44-24-31-25(3)48-35(37-31)29-15-11-12-16-30(29)36(40)43-5/h8-22H,6-7,23-24H2,1-5H3/b20-19+. The number of rotatable bonds is 16. The summed E-state index contributed by atoms with van der Waals surface area (Å²) in [5.74, 6) is 3.09. The van der Waals surface area contributed by atoms with Crippen LogP contribution < -0.4 is 14.2 Å². The molecule has 0 amide bonds. The summed E-state index contributed by atoms with van der Waals surface area (Å²) in [6, 6.07) is 22.0. The van der Waals surface area contributed by atoms with Gasteiger partial charge in [0.15, 0.2) is 11.5 Å². The molecule has 0 unspecified atom stereocenters. The van der Waals surface area contributed by atoms with Crippen LogP contribution in [-0.4, -0.2) is 48.2 Å². The van der Waals surface area contributed by atoms with E-state index in [9.17, 15) is 9.36 Å². The summed E-state index contributed by atoms with van der Waals surface area (Å²) in [4.78, 5) is 16.8. The smallest absolute Gasteiger partial charge is 0.354 e. The van der Waals surface area contributed by atoms with Gasteiger partial charge in [-0.25, -0.2) is 14.5 Å². The fourth-order valence-corrected chi connectivity index (χ4v) is 6.13. The van der Waals surface area contributed by atoms with Gasteiger partial charge in [-0.1, -0.05) is 36.4 Å². The Kier molecular flexibility index (Phi) is 11.7. The largest absolute Gasteiger partial charge is 0.493 e. The van der Waals surface area contributed by atoms with Crippen molar-refractivity contribution >= 4 is 19.6 Å². The molecular weight excluding hydrogens is 649 g/mol. The van der Waals surface area contributed by atoms with Crippen molar-refractivity contribution < 1.29 is 41.8 Å². The monoisotopic (exact) mass is 687 g/mol. The zero-order valence-corrected chi connectivity index (χ0v) is 28.8. The Labute approximate surface area is 284 Å². The third kappa shape index (κ3) is 8.66. The highest BCUT2D eigenvalue weighted by atomic mass is 31.2. The van der Waals surface area contributed by atoms with Gasteiger partial charge in [0.2, 0.25) is 11.8 Å². The second-order valence-corrected chi connectivity index (χ2v) is 12.4. The third-order valence-electron chi connectivity index (χ3n) is 7.21. The fraction of sp³-hybridized carbons (Fsp3) is 0.250. The fourth-order valence-electron chi connectivity index (χ4n) is 4.82. The molecule has 0 aliphatic carbocycles. The Bertz CT molecular complexity index is 1940. The summed E-state index contributed by atoms with van der Waals surface area (Å²) in [6.45, 7) is 6.02. The van der Waals surface area contributed by atoms with Crippen LogP contribution >= 0.6 is 7.60 Å². The Hall–Kier alpha value is -5.16. The number of aryl methyl sites for hydroxylation is 1. The number of ether oxygens (including phenoxy) is 4. The molecule has 12 nitrogen and oxygen atoms in total. The number of hydrogen-bond acceptors (Lipinski definition) is 11. The van der Waals surface area contributed by atoms with E-state index in [0.29, 0.717) is 51.4 Å². The highest BCUT2D eigenvalue weighted by Gasteiger charge is 2.21. The summed E-state index contributed by atoms with van der Waals surface area (Å²) in [6.07, 6.45) is 3.42. The van der Waals surface area contributed by atoms with Gasteiger partial charge < -0.3 is 32.4 Å². The molecule has 0 aliphatic heterocycles. The van der Waals surface area contributed by atoms with Crippen molar-refractivity contribution in [3.63, 3.8) is 0 Å². The maximum absolute atomic E-state index is 13.1. The molecule has 2 heterocycles. The lowest BCUT2D eigenvalue weighted by molar-refractivity contribution is 0.0601. The number of carbonyl (C=O) groups is 1. The molecule has 0 aliphatic rings. The first-order valence-corrected chi connectivity index (χ1v) is 17.2. The van der Waals surface area contributed by atoms with E-state index in [2.05, 4.69) is 10.1 Å². The molecule has 3 aromatic carbocycles. The Balaban J connectivity index is 1.32. The van der Waals surface area contributed by atoms with Gasteiger partial charge in [0.1, 0.15) is 24.7 Å². The van der Waals surface area contributed by atoms with Crippen LogP contribution in [0.2, 0.25) is 0 Å². The molecule has 5 rings (SSSR count). The van der Waals surface area contributed by atoms with Crippen LogP contribution in [0, 0.1) is 6.92 Å². The van der Waals surface area contributed by atoms with Crippen molar-refractivity contribution in [3.8, 4) is 34.5 Å². The van der Waals surface area contributed by atoms with Gasteiger partial charge in [-0.15, -0.1) is 5.10 Å². The minimum atomic E-state index is -3.45. The van der Waals surface area contributed by atoms with E-state index in [4.69, 9.17) is 32.4 Å². The number of nitrogens with zero attached hydrogens (tertiary/aromatic N) is 3. The molecule has 13 heteroatoms. The van der Waals surface area contributed by atoms with Gasteiger partial charge >= 0.3 is 13.6 Å². The van der Waals surface area contributed by atoms with Crippen molar-refractivity contribution in [1.29, 1.82) is 0 Å². The van der Waals surface area contributed by atoms with Crippen molar-refractivity contribution in [3.05, 3.63) is 113 Å². The molecule has 0 fully saturated rings. The molecule has 5 aromatic rings. The number of oxazole rings is 1. The number of carbonyl (C=O) groups excluding carboxylic acids is 1. The minimum Gasteiger partial charge on any atom is -0.493 e. The summed E-state index contributed by atoms with van der Waals surface area (Å²) >= 11 is 0. The Morgan fingerprint density at radius 1 is 0.918 bits per heavy atom. The maximum atomic E-state index is 13.1. The van der Waals surface area contributed by atoms with E-state index in [-0.39, 0.29) is 26.4 Å². The zero-order valence-electron chi connectivity index (χ0n) is 28.0. The molecular formula is C36H38N3O9P. The molecule has 49 heavy (non-hydrogen) atoms. The molecule has 0 saturated heterocycles. The second kappa shape index (κ2) is 16.3. The first-order valence-electron chi connectivity index (χ1n) is 15.6. The predicted molar refractivity (Wildman–Crippen MR) is 183 cm³/mol. The normalized spacial score (nSPS) is 11.5. The van der Waals surface area contributed by atoms with Crippen molar-refractivity contribution in [1.82, 2.24) is 14.8 Å².